The van der Waals surface area contributed by atoms with Gasteiger partial charge in [0.25, 0.3) is 11.8 Å². The number of carboxylic acids is 1. The monoisotopic (exact) mass is 515 g/mol. The summed E-state index contributed by atoms with van der Waals surface area (Å²) in [6.07, 6.45) is 2.88. The molecule has 0 radical (unpaired) electrons. The predicted molar refractivity (Wildman–Crippen MR) is 129 cm³/mol. The van der Waals surface area contributed by atoms with Gasteiger partial charge in [0.2, 0.25) is 0 Å². The van der Waals surface area contributed by atoms with Crippen molar-refractivity contribution in [2.75, 3.05) is 18.4 Å². The summed E-state index contributed by atoms with van der Waals surface area (Å²) < 4.78 is 18.6. The quantitative estimate of drug-likeness (QED) is 0.514. The van der Waals surface area contributed by atoms with Crippen LogP contribution in [0.15, 0.2) is 34.9 Å². The highest BCUT2D eigenvalue weighted by molar-refractivity contribution is 5.99. The number of amides is 4. The fourth-order valence-electron chi connectivity index (χ4n) is 5.03. The van der Waals surface area contributed by atoms with E-state index in [-0.39, 0.29) is 36.8 Å². The number of aryl methyl sites for hydroxylation is 1. The van der Waals surface area contributed by atoms with Gasteiger partial charge >= 0.3 is 12.0 Å². The van der Waals surface area contributed by atoms with Crippen molar-refractivity contribution in [1.82, 2.24) is 20.3 Å². The van der Waals surface area contributed by atoms with Gasteiger partial charge in [0.05, 0.1) is 6.42 Å². The summed E-state index contributed by atoms with van der Waals surface area (Å²) in [6.45, 7) is 1.68. The molecule has 4 amide bonds. The first kappa shape index (κ1) is 26.1. The molecule has 2 atom stereocenters. The number of carboxylic acid groups (broad SMARTS) is 1. The van der Waals surface area contributed by atoms with Crippen LogP contribution in [0.1, 0.15) is 54.8 Å². The normalized spacial score (nSPS) is 18.9. The van der Waals surface area contributed by atoms with Gasteiger partial charge in [-0.2, -0.15) is 0 Å². The fourth-order valence-corrected chi connectivity index (χ4v) is 5.03. The number of aromatic nitrogens is 1. The van der Waals surface area contributed by atoms with Crippen molar-refractivity contribution in [1.29, 1.82) is 0 Å². The van der Waals surface area contributed by atoms with Crippen molar-refractivity contribution < 1.29 is 33.2 Å². The lowest BCUT2D eigenvalue weighted by atomic mass is 9.82. The third-order valence-electron chi connectivity index (χ3n) is 6.79. The molecular weight excluding hydrogens is 485 g/mol. The van der Waals surface area contributed by atoms with Crippen LogP contribution in [-0.4, -0.2) is 69.2 Å². The van der Waals surface area contributed by atoms with E-state index in [0.29, 0.717) is 5.76 Å². The maximum atomic E-state index is 13.6. The lowest BCUT2D eigenvalue weighted by Crippen LogP contribution is -2.57. The van der Waals surface area contributed by atoms with Crippen molar-refractivity contribution in [2.24, 2.45) is 5.92 Å². The Morgan fingerprint density at radius 2 is 1.86 bits per heavy atom. The predicted octanol–water partition coefficient (Wildman–Crippen LogP) is 2.98. The maximum absolute atomic E-state index is 13.6. The van der Waals surface area contributed by atoms with Crippen molar-refractivity contribution >= 4 is 29.5 Å². The Morgan fingerprint density at radius 1 is 1.14 bits per heavy atom. The van der Waals surface area contributed by atoms with E-state index in [4.69, 9.17) is 4.52 Å². The number of carbonyl (C=O) groups excluding carboxylic acids is 3. The Labute approximate surface area is 213 Å². The van der Waals surface area contributed by atoms with Crippen LogP contribution in [0, 0.1) is 18.7 Å². The van der Waals surface area contributed by atoms with Crippen LogP contribution >= 0.6 is 0 Å². The Bertz CT molecular complexity index is 1160. The van der Waals surface area contributed by atoms with Crippen LogP contribution < -0.4 is 10.6 Å². The van der Waals surface area contributed by atoms with E-state index in [1.165, 1.54) is 34.1 Å². The Balaban J connectivity index is 1.59. The van der Waals surface area contributed by atoms with E-state index in [1.54, 1.807) is 6.92 Å². The van der Waals surface area contributed by atoms with Gasteiger partial charge in [-0.25, -0.2) is 9.18 Å². The van der Waals surface area contributed by atoms with Gasteiger partial charge in [0, 0.05) is 30.9 Å². The second kappa shape index (κ2) is 11.4. The maximum Gasteiger partial charge on any atom is 0.323 e. The van der Waals surface area contributed by atoms with Gasteiger partial charge in [-0.15, -0.1) is 0 Å². The van der Waals surface area contributed by atoms with Crippen LogP contribution in [0.4, 0.5) is 14.9 Å². The summed E-state index contributed by atoms with van der Waals surface area (Å²) in [6, 6.07) is 5.38. The molecule has 1 aliphatic heterocycles. The van der Waals surface area contributed by atoms with Crippen molar-refractivity contribution in [2.45, 2.75) is 57.7 Å². The summed E-state index contributed by atoms with van der Waals surface area (Å²) in [7, 11) is 0. The minimum atomic E-state index is -1.36. The number of halogens is 1. The molecule has 4 rings (SSSR count). The largest absolute Gasteiger partial charge is 0.481 e. The van der Waals surface area contributed by atoms with Crippen molar-refractivity contribution in [3.63, 3.8) is 0 Å². The zero-order valence-corrected chi connectivity index (χ0v) is 20.5. The number of urea groups is 1. The van der Waals surface area contributed by atoms with Crippen LogP contribution in [0.25, 0.3) is 0 Å². The molecule has 2 aliphatic rings. The number of hydrogen-bond donors (Lipinski definition) is 3. The summed E-state index contributed by atoms with van der Waals surface area (Å²) in [4.78, 5) is 54.0. The third kappa shape index (κ3) is 6.25. The molecule has 1 aliphatic carbocycles. The molecule has 1 saturated carbocycles. The summed E-state index contributed by atoms with van der Waals surface area (Å²) in [5.74, 6) is -2.48. The lowest BCUT2D eigenvalue weighted by Gasteiger charge is -2.34. The average molecular weight is 516 g/mol. The number of nitrogens with zero attached hydrogens (tertiary/aromatic N) is 3. The van der Waals surface area contributed by atoms with Gasteiger partial charge in [-0.1, -0.05) is 30.5 Å². The molecule has 37 heavy (non-hydrogen) atoms. The molecule has 12 heteroatoms. The molecule has 0 bridgehead atoms. The molecule has 2 aromatic rings. The van der Waals surface area contributed by atoms with E-state index >= 15 is 0 Å². The molecule has 198 valence electrons. The van der Waals surface area contributed by atoms with E-state index in [9.17, 15) is 28.7 Å². The van der Waals surface area contributed by atoms with E-state index < -0.39 is 41.8 Å². The third-order valence-corrected chi connectivity index (χ3v) is 6.79. The number of carbonyl (C=O) groups is 4. The van der Waals surface area contributed by atoms with Crippen LogP contribution in [-0.2, 0) is 9.59 Å². The number of hydrogen-bond acceptors (Lipinski definition) is 6. The smallest absolute Gasteiger partial charge is 0.323 e. The summed E-state index contributed by atoms with van der Waals surface area (Å²) in [5.41, 5.74) is 0.170. The van der Waals surface area contributed by atoms with Gasteiger partial charge in [-0.3, -0.25) is 19.3 Å². The van der Waals surface area contributed by atoms with Crippen LogP contribution in [0.5, 0.6) is 0 Å². The number of aliphatic carboxylic acids is 1. The standard InChI is InChI=1S/C25H30FN5O6/c1-15-12-20(29-37-15)24(35)30-10-11-31(25(36)27-18-9-5-8-17(26)13-18)23(30)22(34)28-19(14-21(32)33)16-6-3-2-4-7-16/h5,8-9,12-13,16,19,23H,2-4,6-7,10-11,14H2,1H3,(H,27,36)(H,28,34)(H,32,33). The SMILES string of the molecule is Cc1cc(C(=O)N2CCN(C(=O)Nc3cccc(F)c3)C2C(=O)NC(CC(=O)O)C2CCCCC2)no1. The zero-order valence-electron chi connectivity index (χ0n) is 20.5. The molecule has 3 N–H and O–H groups in total. The van der Waals surface area contributed by atoms with E-state index in [2.05, 4.69) is 15.8 Å². The zero-order chi connectivity index (χ0) is 26.5. The second-order valence-corrected chi connectivity index (χ2v) is 9.44. The van der Waals surface area contributed by atoms with Crippen molar-refractivity contribution in [3.8, 4) is 0 Å². The molecule has 2 fully saturated rings. The lowest BCUT2D eigenvalue weighted by molar-refractivity contribution is -0.138. The summed E-state index contributed by atoms with van der Waals surface area (Å²) in [5, 5.41) is 18.6. The molecular formula is C25H30FN5O6. The first-order valence-electron chi connectivity index (χ1n) is 12.3. The Hall–Kier alpha value is -3.96. The van der Waals surface area contributed by atoms with Gasteiger partial charge in [0.1, 0.15) is 11.6 Å². The second-order valence-electron chi connectivity index (χ2n) is 9.44. The number of rotatable bonds is 7. The summed E-state index contributed by atoms with van der Waals surface area (Å²) >= 11 is 0. The highest BCUT2D eigenvalue weighted by Crippen LogP contribution is 2.29. The van der Waals surface area contributed by atoms with Gasteiger partial charge < -0.3 is 25.2 Å². The highest BCUT2D eigenvalue weighted by atomic mass is 19.1. The van der Waals surface area contributed by atoms with E-state index in [0.717, 1.165) is 38.2 Å². The molecule has 1 aromatic heterocycles. The Kier molecular flexibility index (Phi) is 8.04. The van der Waals surface area contributed by atoms with Gasteiger partial charge in [0.15, 0.2) is 11.9 Å². The molecule has 0 spiro atoms. The Morgan fingerprint density at radius 3 is 2.51 bits per heavy atom. The van der Waals surface area contributed by atoms with Crippen LogP contribution in [0.3, 0.4) is 0 Å². The number of anilines is 1. The number of nitrogens with one attached hydrogen (secondary N) is 2. The minimum Gasteiger partial charge on any atom is -0.481 e. The first-order valence-corrected chi connectivity index (χ1v) is 12.3. The molecule has 1 aromatic carbocycles. The van der Waals surface area contributed by atoms with Gasteiger partial charge in [-0.05, 0) is 43.9 Å². The number of benzene rings is 1. The first-order chi connectivity index (χ1) is 17.7. The van der Waals surface area contributed by atoms with Crippen molar-refractivity contribution in [3.05, 3.63) is 47.6 Å². The molecule has 1 saturated heterocycles. The minimum absolute atomic E-state index is 0.0166. The average Bonchev–Trinajstić information content (AvgIpc) is 3.50. The molecule has 2 unspecified atom stereocenters. The highest BCUT2D eigenvalue weighted by Gasteiger charge is 2.45. The molecule has 2 heterocycles. The van der Waals surface area contributed by atoms with Crippen LogP contribution in [0.2, 0.25) is 0 Å². The molecule has 11 nitrogen and oxygen atoms in total. The fraction of sp³-hybridized carbons (Fsp3) is 0.480. The van der Waals surface area contributed by atoms with E-state index in [1.807, 2.05) is 0 Å². The topological polar surface area (TPSA) is 145 Å².